The van der Waals surface area contributed by atoms with E-state index in [1.165, 1.54) is 11.3 Å². The van der Waals surface area contributed by atoms with Gasteiger partial charge in [-0.25, -0.2) is 8.42 Å². The summed E-state index contributed by atoms with van der Waals surface area (Å²) in [5.41, 5.74) is -0.0570. The van der Waals surface area contributed by atoms with Crippen LogP contribution >= 0.6 is 22.9 Å². The third kappa shape index (κ3) is 2.68. The molecule has 0 aromatic carbocycles. The number of aromatic nitrogens is 1. The highest BCUT2D eigenvalue weighted by atomic mass is 35.5. The topological polar surface area (TPSA) is 79.0 Å². The SMILES string of the molecule is O=c1[nH]cc(S(=O)(=O)Nc2ccsc2)cc1Cl. The van der Waals surface area contributed by atoms with Gasteiger partial charge in [0.15, 0.2) is 0 Å². The Morgan fingerprint density at radius 3 is 2.76 bits per heavy atom. The van der Waals surface area contributed by atoms with Crippen LogP contribution in [0.15, 0.2) is 38.8 Å². The molecule has 90 valence electrons. The summed E-state index contributed by atoms with van der Waals surface area (Å²) in [5.74, 6) is 0. The van der Waals surface area contributed by atoms with Gasteiger partial charge in [-0.05, 0) is 17.5 Å². The van der Waals surface area contributed by atoms with Gasteiger partial charge in [-0.2, -0.15) is 11.3 Å². The van der Waals surface area contributed by atoms with Crippen molar-refractivity contribution in [1.82, 2.24) is 4.98 Å². The maximum Gasteiger partial charge on any atom is 0.266 e. The Labute approximate surface area is 106 Å². The van der Waals surface area contributed by atoms with Crippen LogP contribution in [0, 0.1) is 0 Å². The molecule has 0 radical (unpaired) electrons. The molecule has 2 aromatic rings. The molecule has 2 rings (SSSR count). The number of aromatic amines is 1. The van der Waals surface area contributed by atoms with Gasteiger partial charge in [-0.3, -0.25) is 9.52 Å². The standard InChI is InChI=1S/C9H7ClN2O3S2/c10-8-3-7(4-11-9(8)13)17(14,15)12-6-1-2-16-5-6/h1-5,12H,(H,11,13). The summed E-state index contributed by atoms with van der Waals surface area (Å²) >= 11 is 6.94. The van der Waals surface area contributed by atoms with Gasteiger partial charge in [0.25, 0.3) is 15.6 Å². The summed E-state index contributed by atoms with van der Waals surface area (Å²) < 4.78 is 26.1. The Morgan fingerprint density at radius 1 is 1.41 bits per heavy atom. The molecule has 0 amide bonds. The maximum absolute atomic E-state index is 11.9. The number of pyridine rings is 1. The number of nitrogens with one attached hydrogen (secondary N) is 2. The molecule has 0 unspecified atom stereocenters. The third-order valence-corrected chi connectivity index (χ3v) is 4.24. The van der Waals surface area contributed by atoms with Crippen LogP contribution in [0.3, 0.4) is 0 Å². The zero-order valence-corrected chi connectivity index (χ0v) is 10.7. The molecule has 8 heteroatoms. The van der Waals surface area contributed by atoms with Crippen LogP contribution < -0.4 is 10.3 Å². The lowest BCUT2D eigenvalue weighted by Crippen LogP contribution is -2.15. The summed E-state index contributed by atoms with van der Waals surface area (Å²) in [5, 5.41) is 3.24. The molecule has 0 bridgehead atoms. The average molecular weight is 291 g/mol. The average Bonchev–Trinajstić information content (AvgIpc) is 2.73. The monoisotopic (exact) mass is 290 g/mol. The van der Waals surface area contributed by atoms with E-state index < -0.39 is 15.6 Å². The number of hydrogen-bond acceptors (Lipinski definition) is 4. The van der Waals surface area contributed by atoms with Crippen LogP contribution in [-0.4, -0.2) is 13.4 Å². The van der Waals surface area contributed by atoms with Gasteiger partial charge in [-0.15, -0.1) is 0 Å². The minimum absolute atomic E-state index is 0.0895. The van der Waals surface area contributed by atoms with E-state index in [1.807, 2.05) is 0 Å². The summed E-state index contributed by atoms with van der Waals surface area (Å²) in [7, 11) is -3.72. The van der Waals surface area contributed by atoms with Crippen molar-refractivity contribution in [2.24, 2.45) is 0 Å². The van der Waals surface area contributed by atoms with E-state index in [1.54, 1.807) is 16.8 Å². The number of anilines is 1. The van der Waals surface area contributed by atoms with Crippen molar-refractivity contribution in [3.05, 3.63) is 44.5 Å². The smallest absolute Gasteiger partial charge is 0.266 e. The van der Waals surface area contributed by atoms with Gasteiger partial charge in [-0.1, -0.05) is 11.6 Å². The molecule has 2 heterocycles. The van der Waals surface area contributed by atoms with Crippen molar-refractivity contribution < 1.29 is 8.42 Å². The predicted molar refractivity (Wildman–Crippen MR) is 67.2 cm³/mol. The lowest BCUT2D eigenvalue weighted by Gasteiger charge is -2.05. The van der Waals surface area contributed by atoms with Crippen LogP contribution in [0.2, 0.25) is 5.02 Å². The first-order valence-corrected chi connectivity index (χ1v) is 7.23. The molecule has 0 saturated heterocycles. The Kier molecular flexibility index (Phi) is 3.23. The molecular formula is C9H7ClN2O3S2. The van der Waals surface area contributed by atoms with E-state index >= 15 is 0 Å². The molecule has 0 aliphatic heterocycles. The molecule has 2 aromatic heterocycles. The Morgan fingerprint density at radius 2 is 2.18 bits per heavy atom. The zero-order valence-electron chi connectivity index (χ0n) is 8.31. The van der Waals surface area contributed by atoms with Gasteiger partial charge in [0.2, 0.25) is 0 Å². The van der Waals surface area contributed by atoms with Gasteiger partial charge < -0.3 is 4.98 Å². The molecule has 0 aliphatic carbocycles. The molecule has 2 N–H and O–H groups in total. The Balaban J connectivity index is 2.38. The molecule has 0 aliphatic rings. The van der Waals surface area contributed by atoms with Crippen molar-refractivity contribution >= 4 is 38.6 Å². The fourth-order valence-electron chi connectivity index (χ4n) is 1.13. The summed E-state index contributed by atoms with van der Waals surface area (Å²) in [4.78, 5) is 13.2. The van der Waals surface area contributed by atoms with E-state index in [4.69, 9.17) is 11.6 Å². The van der Waals surface area contributed by atoms with E-state index in [2.05, 4.69) is 9.71 Å². The molecule has 0 saturated carbocycles. The van der Waals surface area contributed by atoms with Gasteiger partial charge in [0, 0.05) is 11.6 Å². The minimum atomic E-state index is -3.72. The van der Waals surface area contributed by atoms with Gasteiger partial charge >= 0.3 is 0 Å². The summed E-state index contributed by atoms with van der Waals surface area (Å²) in [6, 6.07) is 2.74. The van der Waals surface area contributed by atoms with E-state index in [9.17, 15) is 13.2 Å². The molecular weight excluding hydrogens is 284 g/mol. The van der Waals surface area contributed by atoms with Crippen LogP contribution in [0.1, 0.15) is 0 Å². The number of halogens is 1. The highest BCUT2D eigenvalue weighted by molar-refractivity contribution is 7.92. The molecule has 5 nitrogen and oxygen atoms in total. The molecule has 0 atom stereocenters. The van der Waals surface area contributed by atoms with Crippen molar-refractivity contribution in [1.29, 1.82) is 0 Å². The van der Waals surface area contributed by atoms with Crippen LogP contribution in [-0.2, 0) is 10.0 Å². The summed E-state index contributed by atoms with van der Waals surface area (Å²) in [6.07, 6.45) is 1.10. The lowest BCUT2D eigenvalue weighted by molar-refractivity contribution is 0.601. The Bertz CT molecular complexity index is 677. The van der Waals surface area contributed by atoms with Crippen molar-refractivity contribution in [3.8, 4) is 0 Å². The van der Waals surface area contributed by atoms with E-state index in [0.717, 1.165) is 12.3 Å². The van der Waals surface area contributed by atoms with Crippen LogP contribution in [0.5, 0.6) is 0 Å². The van der Waals surface area contributed by atoms with E-state index in [-0.39, 0.29) is 9.92 Å². The van der Waals surface area contributed by atoms with Crippen molar-refractivity contribution in [2.45, 2.75) is 4.90 Å². The number of sulfonamides is 1. The van der Waals surface area contributed by atoms with Crippen LogP contribution in [0.25, 0.3) is 0 Å². The first-order valence-electron chi connectivity index (χ1n) is 4.42. The first-order chi connectivity index (χ1) is 7.99. The molecule has 17 heavy (non-hydrogen) atoms. The third-order valence-electron chi connectivity index (χ3n) is 1.92. The minimum Gasteiger partial charge on any atom is -0.326 e. The second-order valence-electron chi connectivity index (χ2n) is 3.13. The molecule has 0 fully saturated rings. The maximum atomic E-state index is 11.9. The predicted octanol–water partition coefficient (Wildman–Crippen LogP) is 1.89. The highest BCUT2D eigenvalue weighted by Crippen LogP contribution is 2.18. The van der Waals surface area contributed by atoms with Crippen molar-refractivity contribution in [3.63, 3.8) is 0 Å². The first kappa shape index (κ1) is 12.2. The van der Waals surface area contributed by atoms with Gasteiger partial charge in [0.1, 0.15) is 9.92 Å². The second kappa shape index (κ2) is 4.52. The van der Waals surface area contributed by atoms with Crippen molar-refractivity contribution in [2.75, 3.05) is 4.72 Å². The largest absolute Gasteiger partial charge is 0.326 e. The quantitative estimate of drug-likeness (QED) is 0.906. The summed E-state index contributed by atoms with van der Waals surface area (Å²) in [6.45, 7) is 0. The van der Waals surface area contributed by atoms with E-state index in [0.29, 0.717) is 5.69 Å². The fraction of sp³-hybridized carbons (Fsp3) is 0. The second-order valence-corrected chi connectivity index (χ2v) is 6.00. The van der Waals surface area contributed by atoms with Gasteiger partial charge in [0.05, 0.1) is 5.69 Å². The molecule has 0 spiro atoms. The number of H-pyrrole nitrogens is 1. The highest BCUT2D eigenvalue weighted by Gasteiger charge is 2.15. The number of rotatable bonds is 3. The zero-order chi connectivity index (χ0) is 12.5. The van der Waals surface area contributed by atoms with Crippen LogP contribution in [0.4, 0.5) is 5.69 Å². The lowest BCUT2D eigenvalue weighted by atomic mass is 10.5. The normalized spacial score (nSPS) is 11.4. The Hall–Kier alpha value is -1.31. The number of hydrogen-bond donors (Lipinski definition) is 2. The fourth-order valence-corrected chi connectivity index (χ4v) is 3.07. The number of thiophene rings is 1.